The van der Waals surface area contributed by atoms with Gasteiger partial charge in [-0.15, -0.1) is 0 Å². The highest BCUT2D eigenvalue weighted by Gasteiger charge is 1.98. The predicted molar refractivity (Wildman–Crippen MR) is 102 cm³/mol. The van der Waals surface area contributed by atoms with Gasteiger partial charge in [-0.05, 0) is 44.4 Å². The van der Waals surface area contributed by atoms with E-state index < -0.39 is 0 Å². The second-order valence-electron chi connectivity index (χ2n) is 5.68. The summed E-state index contributed by atoms with van der Waals surface area (Å²) in [4.78, 5) is 4.60. The second-order valence-corrected chi connectivity index (χ2v) is 5.68. The first-order chi connectivity index (χ1) is 12.4. The molecule has 1 heterocycles. The lowest BCUT2D eigenvalue weighted by atomic mass is 10.3. The molecule has 0 radical (unpaired) electrons. The Morgan fingerprint density at radius 1 is 1.12 bits per heavy atom. The number of nitrogens with one attached hydrogen (secondary N) is 2. The van der Waals surface area contributed by atoms with E-state index in [1.54, 1.807) is 6.20 Å². The standard InChI is InChI=1S/C19H29N5O/c1-2-20-19(22-13-8-15-24-16-9-14-23-24)21-12-6-7-17-25-18-10-4-3-5-11-18/h3-5,9-11,14,16H,2,6-8,12-13,15,17H2,1H3,(H2,20,21,22). The number of aliphatic imine (C=N–C) groups is 1. The number of guanidine groups is 1. The quantitative estimate of drug-likeness (QED) is 0.374. The molecule has 1 aromatic heterocycles. The van der Waals surface area contributed by atoms with E-state index in [1.807, 2.05) is 47.3 Å². The van der Waals surface area contributed by atoms with E-state index in [1.165, 1.54) is 0 Å². The highest BCUT2D eigenvalue weighted by atomic mass is 16.5. The van der Waals surface area contributed by atoms with Crippen molar-refractivity contribution in [1.29, 1.82) is 0 Å². The maximum absolute atomic E-state index is 5.69. The average Bonchev–Trinajstić information content (AvgIpc) is 3.16. The normalized spacial score (nSPS) is 11.3. The molecule has 2 N–H and O–H groups in total. The fourth-order valence-corrected chi connectivity index (χ4v) is 2.34. The molecule has 0 aliphatic rings. The second kappa shape index (κ2) is 11.9. The summed E-state index contributed by atoms with van der Waals surface area (Å²) in [6, 6.07) is 11.9. The zero-order valence-electron chi connectivity index (χ0n) is 15.0. The molecule has 0 spiro atoms. The molecule has 136 valence electrons. The molecule has 0 saturated heterocycles. The lowest BCUT2D eigenvalue weighted by Gasteiger charge is -2.11. The monoisotopic (exact) mass is 343 g/mol. The topological polar surface area (TPSA) is 63.5 Å². The number of nitrogens with zero attached hydrogens (tertiary/aromatic N) is 3. The first-order valence-corrected chi connectivity index (χ1v) is 9.06. The third kappa shape index (κ3) is 8.24. The van der Waals surface area contributed by atoms with E-state index in [9.17, 15) is 0 Å². The smallest absolute Gasteiger partial charge is 0.191 e. The van der Waals surface area contributed by atoms with Crippen LogP contribution in [0.15, 0.2) is 53.8 Å². The van der Waals surface area contributed by atoms with Crippen LogP contribution < -0.4 is 15.4 Å². The van der Waals surface area contributed by atoms with E-state index in [2.05, 4.69) is 27.6 Å². The fourth-order valence-electron chi connectivity index (χ4n) is 2.34. The van der Waals surface area contributed by atoms with Crippen LogP contribution in [0.1, 0.15) is 26.2 Å². The van der Waals surface area contributed by atoms with Gasteiger partial charge in [-0.1, -0.05) is 18.2 Å². The molecule has 0 aliphatic carbocycles. The minimum atomic E-state index is 0.739. The SMILES string of the molecule is CCNC(=NCCCn1cccn1)NCCCCOc1ccccc1. The number of unbranched alkanes of at least 4 members (excludes halogenated alkanes) is 1. The number of aromatic nitrogens is 2. The average molecular weight is 343 g/mol. The number of para-hydroxylation sites is 1. The van der Waals surface area contributed by atoms with Crippen LogP contribution in [0, 0.1) is 0 Å². The Bertz CT molecular complexity index is 583. The Morgan fingerprint density at radius 2 is 2.00 bits per heavy atom. The van der Waals surface area contributed by atoms with Crippen LogP contribution in [0.25, 0.3) is 0 Å². The number of hydrogen-bond donors (Lipinski definition) is 2. The van der Waals surface area contributed by atoms with Gasteiger partial charge in [0, 0.05) is 38.6 Å². The minimum Gasteiger partial charge on any atom is -0.494 e. The van der Waals surface area contributed by atoms with Crippen LogP contribution in [0.2, 0.25) is 0 Å². The Labute approximate surface area is 150 Å². The summed E-state index contributed by atoms with van der Waals surface area (Å²) >= 11 is 0. The number of rotatable bonds is 11. The maximum atomic E-state index is 5.69. The van der Waals surface area contributed by atoms with E-state index >= 15 is 0 Å². The van der Waals surface area contributed by atoms with Crippen LogP contribution in [0.3, 0.4) is 0 Å². The van der Waals surface area contributed by atoms with Crippen molar-refractivity contribution in [2.24, 2.45) is 4.99 Å². The van der Waals surface area contributed by atoms with Gasteiger partial charge in [-0.25, -0.2) is 0 Å². The van der Waals surface area contributed by atoms with E-state index in [-0.39, 0.29) is 0 Å². The number of aryl methyl sites for hydroxylation is 1. The molecule has 2 aromatic rings. The van der Waals surface area contributed by atoms with E-state index in [0.29, 0.717) is 0 Å². The molecule has 2 rings (SSSR count). The Morgan fingerprint density at radius 3 is 2.76 bits per heavy atom. The molecule has 0 unspecified atom stereocenters. The Hall–Kier alpha value is -2.50. The van der Waals surface area contributed by atoms with Gasteiger partial charge in [0.1, 0.15) is 5.75 Å². The first-order valence-electron chi connectivity index (χ1n) is 9.06. The van der Waals surface area contributed by atoms with Crippen molar-refractivity contribution < 1.29 is 4.74 Å². The highest BCUT2D eigenvalue weighted by molar-refractivity contribution is 5.79. The molecule has 0 fully saturated rings. The molecule has 0 saturated carbocycles. The van der Waals surface area contributed by atoms with Crippen molar-refractivity contribution in [3.05, 3.63) is 48.8 Å². The summed E-state index contributed by atoms with van der Waals surface area (Å²) in [7, 11) is 0. The van der Waals surface area contributed by atoms with Crippen LogP contribution in [0.4, 0.5) is 0 Å². The van der Waals surface area contributed by atoms with Crippen LogP contribution in [-0.4, -0.2) is 42.0 Å². The summed E-state index contributed by atoms with van der Waals surface area (Å²) in [5.41, 5.74) is 0. The molecule has 0 atom stereocenters. The van der Waals surface area contributed by atoms with Gasteiger partial charge in [0.25, 0.3) is 0 Å². The van der Waals surface area contributed by atoms with Gasteiger partial charge >= 0.3 is 0 Å². The van der Waals surface area contributed by atoms with Crippen LogP contribution in [0.5, 0.6) is 5.75 Å². The van der Waals surface area contributed by atoms with Gasteiger partial charge in [0.2, 0.25) is 0 Å². The highest BCUT2D eigenvalue weighted by Crippen LogP contribution is 2.08. The van der Waals surface area contributed by atoms with Crippen molar-refractivity contribution in [1.82, 2.24) is 20.4 Å². The summed E-state index contributed by atoms with van der Waals surface area (Å²) in [6.07, 6.45) is 6.81. The van der Waals surface area contributed by atoms with Crippen LogP contribution >= 0.6 is 0 Å². The minimum absolute atomic E-state index is 0.739. The zero-order valence-corrected chi connectivity index (χ0v) is 15.0. The Balaban J connectivity index is 1.56. The maximum Gasteiger partial charge on any atom is 0.191 e. The molecular weight excluding hydrogens is 314 g/mol. The van der Waals surface area contributed by atoms with Crippen molar-refractivity contribution in [2.75, 3.05) is 26.2 Å². The van der Waals surface area contributed by atoms with Crippen molar-refractivity contribution >= 4 is 5.96 Å². The van der Waals surface area contributed by atoms with Crippen molar-refractivity contribution in [3.63, 3.8) is 0 Å². The summed E-state index contributed by atoms with van der Waals surface area (Å²) in [5, 5.41) is 10.8. The zero-order chi connectivity index (χ0) is 17.6. The summed E-state index contributed by atoms with van der Waals surface area (Å²) in [5.74, 6) is 1.81. The summed E-state index contributed by atoms with van der Waals surface area (Å²) < 4.78 is 7.63. The molecule has 6 heteroatoms. The van der Waals surface area contributed by atoms with E-state index in [0.717, 1.165) is 63.8 Å². The van der Waals surface area contributed by atoms with Crippen LogP contribution in [-0.2, 0) is 6.54 Å². The molecule has 0 aliphatic heterocycles. The number of benzene rings is 1. The predicted octanol–water partition coefficient (Wildman–Crippen LogP) is 2.69. The third-order valence-electron chi connectivity index (χ3n) is 3.59. The first kappa shape index (κ1) is 18.8. The Kier molecular flexibility index (Phi) is 9.00. The van der Waals surface area contributed by atoms with Gasteiger partial charge < -0.3 is 15.4 Å². The van der Waals surface area contributed by atoms with E-state index in [4.69, 9.17) is 4.74 Å². The van der Waals surface area contributed by atoms with Gasteiger partial charge in [-0.3, -0.25) is 9.67 Å². The van der Waals surface area contributed by atoms with Crippen molar-refractivity contribution in [2.45, 2.75) is 32.7 Å². The van der Waals surface area contributed by atoms with Gasteiger partial charge in [-0.2, -0.15) is 5.10 Å². The number of hydrogen-bond acceptors (Lipinski definition) is 3. The summed E-state index contributed by atoms with van der Waals surface area (Å²) in [6.45, 7) is 6.25. The van der Waals surface area contributed by atoms with Crippen molar-refractivity contribution in [3.8, 4) is 5.75 Å². The molecule has 6 nitrogen and oxygen atoms in total. The van der Waals surface area contributed by atoms with Gasteiger partial charge in [0.05, 0.1) is 6.61 Å². The largest absolute Gasteiger partial charge is 0.494 e. The number of ether oxygens (including phenoxy) is 1. The fraction of sp³-hybridized carbons (Fsp3) is 0.474. The molecule has 0 bridgehead atoms. The molecular formula is C19H29N5O. The lowest BCUT2D eigenvalue weighted by Crippen LogP contribution is -2.38. The van der Waals surface area contributed by atoms with Gasteiger partial charge in [0.15, 0.2) is 5.96 Å². The lowest BCUT2D eigenvalue weighted by molar-refractivity contribution is 0.307. The third-order valence-corrected chi connectivity index (χ3v) is 3.59. The molecule has 1 aromatic carbocycles. The molecule has 0 amide bonds. The molecule has 25 heavy (non-hydrogen) atoms.